The maximum atomic E-state index is 13.1. The SMILES string of the molecule is CCN(CC(=O)Nc1ccccc1C(F)(F)F)C(=O)CC(C)C1CCCNC1. The van der Waals surface area contributed by atoms with Gasteiger partial charge in [-0.3, -0.25) is 9.59 Å². The van der Waals surface area contributed by atoms with Crippen LogP contribution in [0.2, 0.25) is 0 Å². The number of amides is 2. The number of halogens is 3. The maximum Gasteiger partial charge on any atom is 0.418 e. The van der Waals surface area contributed by atoms with Crippen molar-refractivity contribution in [2.75, 3.05) is 31.5 Å². The second-order valence-electron chi connectivity index (χ2n) is 7.29. The van der Waals surface area contributed by atoms with Crippen molar-refractivity contribution < 1.29 is 22.8 Å². The van der Waals surface area contributed by atoms with Gasteiger partial charge in [0.15, 0.2) is 0 Å². The third kappa shape index (κ3) is 6.22. The van der Waals surface area contributed by atoms with E-state index >= 15 is 0 Å². The lowest BCUT2D eigenvalue weighted by molar-refractivity contribution is -0.137. The number of carbonyl (C=O) groups excluding carboxylic acids is 2. The van der Waals surface area contributed by atoms with Crippen molar-refractivity contribution in [1.82, 2.24) is 10.2 Å². The third-order valence-corrected chi connectivity index (χ3v) is 5.21. The molecule has 0 spiro atoms. The van der Waals surface area contributed by atoms with Gasteiger partial charge >= 0.3 is 6.18 Å². The first kappa shape index (κ1) is 22.2. The lowest BCUT2D eigenvalue weighted by atomic mass is 9.85. The van der Waals surface area contributed by atoms with Gasteiger partial charge in [-0.2, -0.15) is 13.2 Å². The lowest BCUT2D eigenvalue weighted by Crippen LogP contribution is -2.40. The van der Waals surface area contributed by atoms with Crippen LogP contribution < -0.4 is 10.6 Å². The first-order valence-corrected chi connectivity index (χ1v) is 9.67. The number of nitrogens with zero attached hydrogens (tertiary/aromatic N) is 1. The molecule has 1 saturated heterocycles. The molecule has 0 aromatic heterocycles. The van der Waals surface area contributed by atoms with Crippen molar-refractivity contribution in [2.45, 2.75) is 39.3 Å². The van der Waals surface area contributed by atoms with E-state index in [1.807, 2.05) is 6.92 Å². The van der Waals surface area contributed by atoms with E-state index in [4.69, 9.17) is 0 Å². The van der Waals surface area contributed by atoms with Crippen LogP contribution in [0.3, 0.4) is 0 Å². The van der Waals surface area contributed by atoms with Gasteiger partial charge in [0.05, 0.1) is 17.8 Å². The summed E-state index contributed by atoms with van der Waals surface area (Å²) in [5.74, 6) is -0.189. The molecule has 2 N–H and O–H groups in total. The van der Waals surface area contributed by atoms with Crippen LogP contribution in [-0.4, -0.2) is 42.9 Å². The van der Waals surface area contributed by atoms with E-state index < -0.39 is 17.6 Å². The minimum Gasteiger partial charge on any atom is -0.334 e. The van der Waals surface area contributed by atoms with Crippen LogP contribution in [0, 0.1) is 11.8 Å². The molecule has 5 nitrogen and oxygen atoms in total. The number of likely N-dealkylation sites (N-methyl/N-ethyl adjacent to an activating group) is 1. The van der Waals surface area contributed by atoms with Crippen molar-refractivity contribution in [3.05, 3.63) is 29.8 Å². The summed E-state index contributed by atoms with van der Waals surface area (Å²) in [7, 11) is 0. The number of alkyl halides is 3. The number of piperidine rings is 1. The van der Waals surface area contributed by atoms with Crippen LogP contribution in [0.15, 0.2) is 24.3 Å². The van der Waals surface area contributed by atoms with Crippen molar-refractivity contribution in [2.24, 2.45) is 11.8 Å². The number of carbonyl (C=O) groups is 2. The Morgan fingerprint density at radius 2 is 2.04 bits per heavy atom. The minimum atomic E-state index is -4.56. The van der Waals surface area contributed by atoms with Gasteiger partial charge in [0.2, 0.25) is 11.8 Å². The summed E-state index contributed by atoms with van der Waals surface area (Å²) < 4.78 is 39.2. The molecule has 1 fully saturated rings. The fraction of sp³-hybridized carbons (Fsp3) is 0.600. The van der Waals surface area contributed by atoms with Crippen molar-refractivity contribution >= 4 is 17.5 Å². The van der Waals surface area contributed by atoms with Gasteiger partial charge in [-0.25, -0.2) is 0 Å². The Balaban J connectivity index is 1.95. The molecule has 0 saturated carbocycles. The van der Waals surface area contributed by atoms with E-state index in [-0.39, 0.29) is 24.1 Å². The van der Waals surface area contributed by atoms with Gasteiger partial charge in [-0.05, 0) is 56.8 Å². The van der Waals surface area contributed by atoms with Crippen LogP contribution >= 0.6 is 0 Å². The molecular weight excluding hydrogens is 371 g/mol. The first-order chi connectivity index (χ1) is 13.2. The molecule has 156 valence electrons. The monoisotopic (exact) mass is 399 g/mol. The van der Waals surface area contributed by atoms with Gasteiger partial charge in [-0.1, -0.05) is 19.1 Å². The van der Waals surface area contributed by atoms with Crippen LogP contribution in [0.5, 0.6) is 0 Å². The molecule has 2 amide bonds. The van der Waals surface area contributed by atoms with E-state index in [2.05, 4.69) is 10.6 Å². The quantitative estimate of drug-likeness (QED) is 0.738. The molecule has 2 unspecified atom stereocenters. The van der Waals surface area contributed by atoms with E-state index in [9.17, 15) is 22.8 Å². The molecule has 1 aromatic rings. The maximum absolute atomic E-state index is 13.1. The fourth-order valence-corrected chi connectivity index (χ4v) is 3.51. The number of para-hydroxylation sites is 1. The molecule has 0 aliphatic carbocycles. The summed E-state index contributed by atoms with van der Waals surface area (Å²) >= 11 is 0. The summed E-state index contributed by atoms with van der Waals surface area (Å²) in [4.78, 5) is 26.2. The Bertz CT molecular complexity index is 673. The highest BCUT2D eigenvalue weighted by molar-refractivity contribution is 5.95. The molecule has 1 aliphatic rings. The molecule has 0 bridgehead atoms. The zero-order valence-corrected chi connectivity index (χ0v) is 16.3. The Kier molecular flexibility index (Phi) is 7.86. The van der Waals surface area contributed by atoms with E-state index in [0.717, 1.165) is 32.0 Å². The summed E-state index contributed by atoms with van der Waals surface area (Å²) in [5, 5.41) is 5.62. The molecule has 28 heavy (non-hydrogen) atoms. The zero-order valence-electron chi connectivity index (χ0n) is 16.3. The second kappa shape index (κ2) is 9.91. The van der Waals surface area contributed by atoms with Gasteiger partial charge in [0, 0.05) is 13.0 Å². The summed E-state index contributed by atoms with van der Waals surface area (Å²) in [6.07, 6.45) is -2.08. The van der Waals surface area contributed by atoms with Gasteiger partial charge in [-0.15, -0.1) is 0 Å². The van der Waals surface area contributed by atoms with E-state index in [1.54, 1.807) is 6.92 Å². The first-order valence-electron chi connectivity index (χ1n) is 9.67. The van der Waals surface area contributed by atoms with Crippen LogP contribution in [-0.2, 0) is 15.8 Å². The Labute approximate surface area is 163 Å². The Morgan fingerprint density at radius 3 is 2.64 bits per heavy atom. The normalized spacial score (nSPS) is 18.4. The van der Waals surface area contributed by atoms with E-state index in [0.29, 0.717) is 18.9 Å². The van der Waals surface area contributed by atoms with Gasteiger partial charge in [0.1, 0.15) is 0 Å². The molecule has 1 heterocycles. The number of benzene rings is 1. The summed E-state index contributed by atoms with van der Waals surface area (Å²) in [6.45, 7) is 5.72. The summed E-state index contributed by atoms with van der Waals surface area (Å²) in [5.41, 5.74) is -1.21. The number of hydrogen-bond acceptors (Lipinski definition) is 3. The molecule has 2 atom stereocenters. The van der Waals surface area contributed by atoms with E-state index in [1.165, 1.54) is 23.1 Å². The molecule has 1 aromatic carbocycles. The highest BCUT2D eigenvalue weighted by Crippen LogP contribution is 2.34. The molecule has 8 heteroatoms. The lowest BCUT2D eigenvalue weighted by Gasteiger charge is -2.29. The molecule has 2 rings (SSSR count). The van der Waals surface area contributed by atoms with Crippen LogP contribution in [0.4, 0.5) is 18.9 Å². The largest absolute Gasteiger partial charge is 0.418 e. The third-order valence-electron chi connectivity index (χ3n) is 5.21. The predicted octanol–water partition coefficient (Wildman–Crippen LogP) is 3.52. The Morgan fingerprint density at radius 1 is 1.32 bits per heavy atom. The van der Waals surface area contributed by atoms with Gasteiger partial charge < -0.3 is 15.5 Å². The van der Waals surface area contributed by atoms with Crippen LogP contribution in [0.25, 0.3) is 0 Å². The molecular formula is C20H28F3N3O2. The average molecular weight is 399 g/mol. The molecule has 0 radical (unpaired) electrons. The number of rotatable bonds is 7. The van der Waals surface area contributed by atoms with Crippen molar-refractivity contribution in [3.63, 3.8) is 0 Å². The highest BCUT2D eigenvalue weighted by atomic mass is 19.4. The number of anilines is 1. The number of nitrogens with one attached hydrogen (secondary N) is 2. The topological polar surface area (TPSA) is 61.4 Å². The molecule has 1 aliphatic heterocycles. The minimum absolute atomic E-state index is 0.153. The Hall–Kier alpha value is -2.09. The average Bonchev–Trinajstić information content (AvgIpc) is 2.66. The summed E-state index contributed by atoms with van der Waals surface area (Å²) in [6, 6.07) is 4.81. The smallest absolute Gasteiger partial charge is 0.334 e. The van der Waals surface area contributed by atoms with Gasteiger partial charge in [0.25, 0.3) is 0 Å². The number of hydrogen-bond donors (Lipinski definition) is 2. The van der Waals surface area contributed by atoms with Crippen molar-refractivity contribution in [1.29, 1.82) is 0 Å². The standard InChI is InChI=1S/C20H28F3N3O2/c1-3-26(19(28)11-14(2)15-7-6-10-24-12-15)13-18(27)25-17-9-5-4-8-16(17)20(21,22)23/h4-5,8-9,14-15,24H,3,6-7,10-13H2,1-2H3,(H,25,27). The highest BCUT2D eigenvalue weighted by Gasteiger charge is 2.33. The predicted molar refractivity (Wildman–Crippen MR) is 102 cm³/mol. The van der Waals surface area contributed by atoms with Crippen LogP contribution in [0.1, 0.15) is 38.7 Å². The van der Waals surface area contributed by atoms with Crippen molar-refractivity contribution in [3.8, 4) is 0 Å². The second-order valence-corrected chi connectivity index (χ2v) is 7.29. The fourth-order valence-electron chi connectivity index (χ4n) is 3.51. The zero-order chi connectivity index (χ0) is 20.7.